The Morgan fingerprint density at radius 3 is 2.09 bits per heavy atom. The van der Waals surface area contributed by atoms with Gasteiger partial charge in [-0.2, -0.15) is 0 Å². The van der Waals surface area contributed by atoms with Crippen molar-refractivity contribution < 1.29 is 18.8 Å². The Balaban J connectivity index is 2.02. The van der Waals surface area contributed by atoms with Crippen LogP contribution in [0.5, 0.6) is 0 Å². The average Bonchev–Trinajstić information content (AvgIpc) is 2.75. The van der Waals surface area contributed by atoms with Gasteiger partial charge in [0.05, 0.1) is 11.2 Å². The van der Waals surface area contributed by atoms with Crippen LogP contribution in [0, 0.1) is 5.92 Å². The maximum atomic E-state index is 12.2. The first-order valence-corrected chi connectivity index (χ1v) is 8.16. The zero-order valence-corrected chi connectivity index (χ0v) is 15.2. The summed E-state index contributed by atoms with van der Waals surface area (Å²) in [7, 11) is -0.271. The van der Waals surface area contributed by atoms with E-state index in [-0.39, 0.29) is 30.2 Å². The van der Waals surface area contributed by atoms with Gasteiger partial charge in [0.2, 0.25) is 0 Å². The fourth-order valence-electron chi connectivity index (χ4n) is 2.89. The highest BCUT2D eigenvalue weighted by atomic mass is 16.7. The Morgan fingerprint density at radius 2 is 1.64 bits per heavy atom. The maximum absolute atomic E-state index is 12.2. The van der Waals surface area contributed by atoms with E-state index in [9.17, 15) is 4.79 Å². The van der Waals surface area contributed by atoms with Crippen molar-refractivity contribution in [2.24, 2.45) is 5.92 Å². The number of amides is 1. The molecule has 2 fully saturated rings. The zero-order chi connectivity index (χ0) is 16.9. The number of ether oxygens (including phenoxy) is 1. The van der Waals surface area contributed by atoms with Crippen LogP contribution in [0.1, 0.15) is 55.4 Å². The highest BCUT2D eigenvalue weighted by Gasteiger charge is 2.56. The van der Waals surface area contributed by atoms with E-state index in [0.717, 1.165) is 0 Å². The summed E-state index contributed by atoms with van der Waals surface area (Å²) in [5.74, 6) is 0.496. The molecule has 2 aliphatic rings. The van der Waals surface area contributed by atoms with Crippen molar-refractivity contribution in [1.82, 2.24) is 4.90 Å². The lowest BCUT2D eigenvalue weighted by Crippen LogP contribution is -2.41. The van der Waals surface area contributed by atoms with Gasteiger partial charge in [-0.25, -0.2) is 4.79 Å². The van der Waals surface area contributed by atoms with Gasteiger partial charge in [-0.3, -0.25) is 0 Å². The molecule has 0 aromatic rings. The highest BCUT2D eigenvalue weighted by molar-refractivity contribution is 6.47. The van der Waals surface area contributed by atoms with E-state index in [0.29, 0.717) is 19.0 Å². The molecule has 2 aliphatic heterocycles. The fraction of sp³-hybridized carbons (Fsp3) is 0.938. The van der Waals surface area contributed by atoms with Crippen LogP contribution in [-0.4, -0.2) is 48.0 Å². The molecule has 0 aromatic heterocycles. The molecular weight excluding hydrogens is 281 g/mol. The first-order chi connectivity index (χ1) is 9.82. The molecule has 1 amide bonds. The van der Waals surface area contributed by atoms with Crippen LogP contribution in [-0.2, 0) is 14.0 Å². The Labute approximate surface area is 134 Å². The second-order valence-corrected chi connectivity index (χ2v) is 8.65. The molecule has 5 nitrogen and oxygen atoms in total. The van der Waals surface area contributed by atoms with Gasteiger partial charge in [0.15, 0.2) is 0 Å². The lowest BCUT2D eigenvalue weighted by atomic mass is 9.67. The van der Waals surface area contributed by atoms with Gasteiger partial charge in [-0.15, -0.1) is 0 Å². The second-order valence-electron chi connectivity index (χ2n) is 8.65. The molecular formula is C16H30BNO4. The predicted octanol–water partition coefficient (Wildman–Crippen LogP) is 3.34. The Kier molecular flexibility index (Phi) is 4.33. The minimum atomic E-state index is -0.469. The van der Waals surface area contributed by atoms with E-state index in [1.165, 1.54) is 0 Å². The lowest BCUT2D eigenvalue weighted by Gasteiger charge is -2.32. The molecule has 2 heterocycles. The number of rotatable bonds is 1. The van der Waals surface area contributed by atoms with Gasteiger partial charge in [-0.05, 0) is 54.4 Å². The average molecular weight is 311 g/mol. The summed E-state index contributed by atoms with van der Waals surface area (Å²) in [5, 5.41) is 0. The van der Waals surface area contributed by atoms with E-state index >= 15 is 0 Å². The summed E-state index contributed by atoms with van der Waals surface area (Å²) in [6, 6.07) is 0. The Morgan fingerprint density at radius 1 is 1.14 bits per heavy atom. The van der Waals surface area contributed by atoms with Crippen molar-refractivity contribution in [3.63, 3.8) is 0 Å². The molecule has 2 saturated heterocycles. The largest absolute Gasteiger partial charge is 0.463 e. The molecule has 22 heavy (non-hydrogen) atoms. The van der Waals surface area contributed by atoms with Crippen LogP contribution < -0.4 is 0 Å². The van der Waals surface area contributed by atoms with E-state index in [4.69, 9.17) is 14.0 Å². The monoisotopic (exact) mass is 311 g/mol. The minimum absolute atomic E-state index is 0.175. The smallest absolute Gasteiger partial charge is 0.444 e. The molecule has 0 N–H and O–H groups in total. The van der Waals surface area contributed by atoms with Crippen molar-refractivity contribution in [3.8, 4) is 0 Å². The topological polar surface area (TPSA) is 48.0 Å². The first-order valence-electron chi connectivity index (χ1n) is 8.16. The van der Waals surface area contributed by atoms with Crippen LogP contribution in [0.15, 0.2) is 0 Å². The third-order valence-electron chi connectivity index (χ3n) is 4.94. The summed E-state index contributed by atoms with van der Waals surface area (Å²) in [6.07, 6.45) is -0.252. The minimum Gasteiger partial charge on any atom is -0.444 e. The number of carbonyl (C=O) groups excluding carboxylic acids is 1. The van der Waals surface area contributed by atoms with E-state index < -0.39 is 5.60 Å². The molecule has 1 unspecified atom stereocenters. The van der Waals surface area contributed by atoms with Crippen molar-refractivity contribution in [2.45, 2.75) is 78.0 Å². The molecule has 126 valence electrons. The fourth-order valence-corrected chi connectivity index (χ4v) is 2.89. The molecule has 6 heteroatoms. The predicted molar refractivity (Wildman–Crippen MR) is 86.8 cm³/mol. The second kappa shape index (κ2) is 5.41. The number of hydrogen-bond acceptors (Lipinski definition) is 4. The van der Waals surface area contributed by atoms with Gasteiger partial charge >= 0.3 is 13.2 Å². The van der Waals surface area contributed by atoms with Crippen LogP contribution >= 0.6 is 0 Å². The third-order valence-corrected chi connectivity index (χ3v) is 4.94. The normalized spacial score (nSPS) is 30.7. The zero-order valence-electron chi connectivity index (χ0n) is 15.2. The molecule has 0 radical (unpaired) electrons. The van der Waals surface area contributed by atoms with E-state index in [2.05, 4.69) is 34.6 Å². The highest BCUT2D eigenvalue weighted by Crippen LogP contribution is 2.44. The van der Waals surface area contributed by atoms with Gasteiger partial charge in [0, 0.05) is 18.9 Å². The number of likely N-dealkylation sites (tertiary alicyclic amines) is 1. The first kappa shape index (κ1) is 17.6. The number of nitrogens with zero attached hydrogens (tertiary/aromatic N) is 1. The summed E-state index contributed by atoms with van der Waals surface area (Å²) >= 11 is 0. The third kappa shape index (κ3) is 3.43. The van der Waals surface area contributed by atoms with Gasteiger partial charge < -0.3 is 18.9 Å². The number of hydrogen-bond donors (Lipinski definition) is 0. The molecule has 2 rings (SSSR count). The standard InChI is InChI=1S/C16H30BNO4/c1-11-9-18(13(19)20-14(2,3)4)10-12(11)17-21-15(5,6)16(7,8)22-17/h11-12H,9-10H2,1-8H3/t11?,12-/m0/s1. The van der Waals surface area contributed by atoms with E-state index in [1.807, 2.05) is 20.8 Å². The van der Waals surface area contributed by atoms with Crippen LogP contribution in [0.3, 0.4) is 0 Å². The maximum Gasteiger partial charge on any atom is 0.463 e. The summed E-state index contributed by atoms with van der Waals surface area (Å²) in [5.41, 5.74) is -1.14. The molecule has 0 spiro atoms. The van der Waals surface area contributed by atoms with Crippen molar-refractivity contribution in [1.29, 1.82) is 0 Å². The molecule has 0 aliphatic carbocycles. The Bertz CT molecular complexity index is 428. The van der Waals surface area contributed by atoms with Gasteiger partial charge in [0.25, 0.3) is 0 Å². The molecule has 0 bridgehead atoms. The number of carbonyl (C=O) groups is 1. The van der Waals surface area contributed by atoms with E-state index in [1.54, 1.807) is 4.90 Å². The van der Waals surface area contributed by atoms with Crippen molar-refractivity contribution >= 4 is 13.2 Å². The van der Waals surface area contributed by atoms with Crippen LogP contribution in [0.25, 0.3) is 0 Å². The van der Waals surface area contributed by atoms with Crippen molar-refractivity contribution in [3.05, 3.63) is 0 Å². The van der Waals surface area contributed by atoms with Gasteiger partial charge in [0.1, 0.15) is 5.60 Å². The van der Waals surface area contributed by atoms with Crippen molar-refractivity contribution in [2.75, 3.05) is 13.1 Å². The Hall–Kier alpha value is -0.745. The summed E-state index contributed by atoms with van der Waals surface area (Å²) in [4.78, 5) is 14.0. The lowest BCUT2D eigenvalue weighted by molar-refractivity contribution is 0.00578. The van der Waals surface area contributed by atoms with Gasteiger partial charge in [-0.1, -0.05) is 6.92 Å². The summed E-state index contributed by atoms with van der Waals surface area (Å²) in [6.45, 7) is 17.3. The SMILES string of the molecule is CC1CN(C(=O)OC(C)(C)C)C[C@@H]1B1OC(C)(C)C(C)(C)O1. The molecule has 0 saturated carbocycles. The quantitative estimate of drug-likeness (QED) is 0.697. The van der Waals surface area contributed by atoms with Crippen LogP contribution in [0.2, 0.25) is 5.82 Å². The molecule has 0 aromatic carbocycles. The summed E-state index contributed by atoms with van der Waals surface area (Å²) < 4.78 is 17.8. The molecule has 2 atom stereocenters. The van der Waals surface area contributed by atoms with Crippen LogP contribution in [0.4, 0.5) is 4.79 Å².